The van der Waals surface area contributed by atoms with Crippen LogP contribution in [0.25, 0.3) is 0 Å². The maximum atomic E-state index is 2.41. The molecule has 290 valence electrons. The first kappa shape index (κ1) is 49.8. The van der Waals surface area contributed by atoms with Crippen LogP contribution in [0.3, 0.4) is 0 Å². The molecule has 0 unspecified atom stereocenters. The SMILES string of the molecule is CCCCCCCCCCCCSC(CCCCCC[CH2][SnH3])(SCCCCCCCCCCCC)SCCCCCCCCCCCC. The van der Waals surface area contributed by atoms with Crippen LogP contribution in [0.5, 0.6) is 0 Å². The van der Waals surface area contributed by atoms with Crippen molar-refractivity contribution in [1.82, 2.24) is 0 Å². The molecule has 0 aliphatic heterocycles. The summed E-state index contributed by atoms with van der Waals surface area (Å²) < 4.78 is 2.00. The summed E-state index contributed by atoms with van der Waals surface area (Å²) in [7, 11) is 0. The Bertz CT molecular complexity index is 507. The van der Waals surface area contributed by atoms with Crippen LogP contribution >= 0.6 is 35.3 Å². The van der Waals surface area contributed by atoms with Gasteiger partial charge in [-0.2, -0.15) is 0 Å². The molecule has 0 spiro atoms. The zero-order valence-corrected chi connectivity index (χ0v) is 42.2. The summed E-state index contributed by atoms with van der Waals surface area (Å²) in [6.45, 7) is 6.99. The standard InChI is InChI=1S/C44H89S3.Sn.3H/c1-5-9-13-17-20-23-26-29-33-37-41-45-44(40-36-32-16-12-8-4,46-42-38-34-30-27-24-21-18-14-10-6-2)47-43-39-35-31-28-25-22-19-15-11-7-3;;;;/h4-43H2,1-3H3;;;;. The summed E-state index contributed by atoms with van der Waals surface area (Å²) in [6.07, 6.45) is 52.6. The van der Waals surface area contributed by atoms with Gasteiger partial charge in [0.05, 0.1) is 0 Å². The van der Waals surface area contributed by atoms with Crippen molar-refractivity contribution in [3.8, 4) is 0 Å². The van der Waals surface area contributed by atoms with Crippen LogP contribution in [0.2, 0.25) is 4.44 Å². The molecule has 0 aromatic carbocycles. The van der Waals surface area contributed by atoms with Crippen LogP contribution in [0, 0.1) is 0 Å². The Labute approximate surface area is 332 Å². The van der Waals surface area contributed by atoms with E-state index in [0.717, 1.165) is 22.5 Å². The number of unbranched alkanes of at least 4 members (excludes halogenated alkanes) is 31. The van der Waals surface area contributed by atoms with Crippen molar-refractivity contribution in [2.45, 2.75) is 260 Å². The number of hydrogen-bond acceptors (Lipinski definition) is 3. The van der Waals surface area contributed by atoms with Gasteiger partial charge in [0.2, 0.25) is 0 Å². The van der Waals surface area contributed by atoms with Crippen LogP contribution in [0.15, 0.2) is 0 Å². The summed E-state index contributed by atoms with van der Waals surface area (Å²) in [6, 6.07) is 0. The summed E-state index contributed by atoms with van der Waals surface area (Å²) >= 11 is 8.14. The second-order valence-corrected chi connectivity index (χ2v) is 23.1. The fraction of sp³-hybridized carbons (Fsp3) is 1.00. The van der Waals surface area contributed by atoms with Crippen LogP contribution < -0.4 is 0 Å². The normalized spacial score (nSPS) is 12.1. The molecule has 0 radical (unpaired) electrons. The predicted octanol–water partition coefficient (Wildman–Crippen LogP) is 16.7. The molecule has 48 heavy (non-hydrogen) atoms. The smallest absolute Gasteiger partial charge is 0.0654 e. The fourth-order valence-corrected chi connectivity index (χ4v) is 13.7. The Morgan fingerprint density at radius 2 is 0.521 bits per heavy atom. The van der Waals surface area contributed by atoms with Crippen LogP contribution in [0.1, 0.15) is 252 Å². The Kier molecular flexibility index (Phi) is 44.9. The molecular weight excluding hydrogens is 743 g/mol. The van der Waals surface area contributed by atoms with Gasteiger partial charge in [-0.1, -0.05) is 175 Å². The summed E-state index contributed by atoms with van der Waals surface area (Å²) in [4.78, 5) is 0. The quantitative estimate of drug-likeness (QED) is 0.0341. The molecular formula is C44H92S3Sn. The summed E-state index contributed by atoms with van der Waals surface area (Å²) in [5.74, 6) is 4.19. The van der Waals surface area contributed by atoms with Crippen molar-refractivity contribution >= 4 is 57.8 Å². The van der Waals surface area contributed by atoms with E-state index in [2.05, 4.69) is 56.1 Å². The second-order valence-electron chi connectivity index (χ2n) is 15.3. The molecule has 0 rings (SSSR count). The minimum absolute atomic E-state index is 0.430. The van der Waals surface area contributed by atoms with Gasteiger partial charge in [0.25, 0.3) is 0 Å². The topological polar surface area (TPSA) is 0 Å². The van der Waals surface area contributed by atoms with Crippen molar-refractivity contribution in [3.63, 3.8) is 0 Å². The van der Waals surface area contributed by atoms with Gasteiger partial charge in [0.15, 0.2) is 0 Å². The van der Waals surface area contributed by atoms with Crippen molar-refractivity contribution in [1.29, 1.82) is 0 Å². The monoisotopic (exact) mass is 837 g/mol. The van der Waals surface area contributed by atoms with E-state index in [9.17, 15) is 0 Å². The Hall–Kier alpha value is 1.85. The third-order valence-electron chi connectivity index (χ3n) is 10.3. The summed E-state index contributed by atoms with van der Waals surface area (Å²) in [5.41, 5.74) is 0. The first-order chi connectivity index (χ1) is 23.7. The Morgan fingerprint density at radius 3 is 0.792 bits per heavy atom. The third kappa shape index (κ3) is 37.6. The molecule has 0 fully saturated rings. The van der Waals surface area contributed by atoms with E-state index in [1.165, 1.54) is 248 Å². The fourth-order valence-electron chi connectivity index (χ4n) is 6.91. The van der Waals surface area contributed by atoms with Crippen molar-refractivity contribution in [2.24, 2.45) is 0 Å². The van der Waals surface area contributed by atoms with Gasteiger partial charge in [-0.05, 0) is 0 Å². The molecule has 0 N–H and O–H groups in total. The van der Waals surface area contributed by atoms with Gasteiger partial charge in [0.1, 0.15) is 0 Å². The first-order valence-corrected chi connectivity index (χ1v) is 29.7. The minimum atomic E-state index is 0.430. The van der Waals surface area contributed by atoms with Crippen molar-refractivity contribution < 1.29 is 0 Å². The molecule has 0 atom stereocenters. The minimum Gasteiger partial charge on any atom is -0.0654 e. The van der Waals surface area contributed by atoms with Crippen LogP contribution in [-0.2, 0) is 0 Å². The van der Waals surface area contributed by atoms with E-state index in [-0.39, 0.29) is 0 Å². The number of rotatable bonds is 43. The van der Waals surface area contributed by atoms with Gasteiger partial charge in [-0.3, -0.25) is 0 Å². The molecule has 4 heteroatoms. The van der Waals surface area contributed by atoms with Crippen molar-refractivity contribution in [3.05, 3.63) is 0 Å². The molecule has 0 amide bonds. The average Bonchev–Trinajstić information content (AvgIpc) is 3.10. The molecule has 0 aliphatic rings. The van der Waals surface area contributed by atoms with Gasteiger partial charge in [-0.15, -0.1) is 0 Å². The van der Waals surface area contributed by atoms with E-state index < -0.39 is 0 Å². The Morgan fingerprint density at radius 1 is 0.292 bits per heavy atom. The van der Waals surface area contributed by atoms with E-state index in [4.69, 9.17) is 0 Å². The average molecular weight is 836 g/mol. The predicted molar refractivity (Wildman–Crippen MR) is 238 cm³/mol. The number of hydrogen-bond donors (Lipinski definition) is 0. The second kappa shape index (κ2) is 43.3. The van der Waals surface area contributed by atoms with Crippen molar-refractivity contribution in [2.75, 3.05) is 17.3 Å². The molecule has 0 aromatic rings. The van der Waals surface area contributed by atoms with E-state index in [1.54, 1.807) is 4.44 Å². The molecule has 0 aromatic heterocycles. The van der Waals surface area contributed by atoms with E-state index >= 15 is 0 Å². The molecule has 0 nitrogen and oxygen atoms in total. The zero-order chi connectivity index (χ0) is 34.9. The van der Waals surface area contributed by atoms with E-state index in [0.29, 0.717) is 3.41 Å². The summed E-state index contributed by atoms with van der Waals surface area (Å²) in [5, 5.41) is 0. The van der Waals surface area contributed by atoms with Crippen LogP contribution in [-0.4, -0.2) is 43.2 Å². The molecule has 0 heterocycles. The third-order valence-corrected chi connectivity index (χ3v) is 17.8. The van der Waals surface area contributed by atoms with E-state index in [1.807, 2.05) is 0 Å². The van der Waals surface area contributed by atoms with Gasteiger partial charge < -0.3 is 0 Å². The zero-order valence-electron chi connectivity index (χ0n) is 34.0. The molecule has 0 saturated heterocycles. The van der Waals surface area contributed by atoms with Crippen LogP contribution in [0.4, 0.5) is 0 Å². The van der Waals surface area contributed by atoms with Gasteiger partial charge in [0, 0.05) is 0 Å². The first-order valence-electron chi connectivity index (χ1n) is 22.7. The number of thioether (sulfide) groups is 3. The molecule has 0 aliphatic carbocycles. The maximum absolute atomic E-state index is 2.41. The molecule has 0 bridgehead atoms. The van der Waals surface area contributed by atoms with Gasteiger partial charge in [-0.25, -0.2) is 0 Å². The molecule has 0 saturated carbocycles. The van der Waals surface area contributed by atoms with Gasteiger partial charge >= 0.3 is 160 Å². The Balaban J connectivity index is 4.76.